The van der Waals surface area contributed by atoms with Crippen LogP contribution in [0.15, 0.2) is 47.1 Å². The Labute approximate surface area is 260 Å². The molecule has 0 fully saturated rings. The number of halogens is 1. The van der Waals surface area contributed by atoms with Crippen LogP contribution in [0.4, 0.5) is 0 Å². The fourth-order valence-corrected chi connectivity index (χ4v) is 6.10. The van der Waals surface area contributed by atoms with Crippen LogP contribution in [-0.4, -0.2) is 51.8 Å². The molecular weight excluding hydrogens is 576 g/mol. The number of unbranched alkanes of at least 4 members (excludes halogenated alkanes) is 5. The van der Waals surface area contributed by atoms with Gasteiger partial charge in [0.2, 0.25) is 0 Å². The van der Waals surface area contributed by atoms with Crippen LogP contribution in [-0.2, 0) is 14.3 Å². The first-order chi connectivity index (χ1) is 20.0. The Morgan fingerprint density at radius 3 is 2.52 bits per heavy atom. The van der Waals surface area contributed by atoms with E-state index < -0.39 is 23.6 Å². The quantitative estimate of drug-likeness (QED) is 0.0718. The van der Waals surface area contributed by atoms with Gasteiger partial charge in [-0.3, -0.25) is 9.59 Å². The van der Waals surface area contributed by atoms with Gasteiger partial charge >= 0.3 is 11.9 Å². The first kappa shape index (κ1) is 36.2. The Kier molecular flexibility index (Phi) is 16.6. The Bertz CT molecular complexity index is 1020. The van der Waals surface area contributed by atoms with E-state index >= 15 is 0 Å². The summed E-state index contributed by atoms with van der Waals surface area (Å²) < 4.78 is 11.7. The minimum Gasteiger partial charge on any atom is -0.494 e. The van der Waals surface area contributed by atoms with Crippen LogP contribution >= 0.6 is 23.4 Å². The number of carboxylic acid groups (broad SMARTS) is 1. The van der Waals surface area contributed by atoms with Crippen LogP contribution < -0.4 is 4.74 Å². The van der Waals surface area contributed by atoms with Crippen molar-refractivity contribution in [3.63, 3.8) is 0 Å². The van der Waals surface area contributed by atoms with Gasteiger partial charge in [-0.05, 0) is 82.4 Å². The third-order valence-corrected chi connectivity index (χ3v) is 8.93. The molecule has 0 radical (unpaired) electrons. The molecule has 0 aliphatic heterocycles. The van der Waals surface area contributed by atoms with E-state index in [9.17, 15) is 19.8 Å². The average Bonchev–Trinajstić information content (AvgIpc) is 3.23. The van der Waals surface area contributed by atoms with E-state index in [2.05, 4.69) is 6.92 Å². The molecular formula is C33H49ClO7S. The molecule has 7 nitrogen and oxygen atoms in total. The molecule has 236 valence electrons. The van der Waals surface area contributed by atoms with E-state index in [4.69, 9.17) is 26.2 Å². The van der Waals surface area contributed by atoms with E-state index in [0.717, 1.165) is 61.4 Å². The largest absolute Gasteiger partial charge is 0.494 e. The molecule has 0 saturated carbocycles. The molecule has 0 amide bonds. The number of ether oxygens (including phenoxy) is 2. The molecule has 42 heavy (non-hydrogen) atoms. The van der Waals surface area contributed by atoms with Crippen LogP contribution in [0.3, 0.4) is 0 Å². The van der Waals surface area contributed by atoms with Gasteiger partial charge in [-0.1, -0.05) is 56.4 Å². The second kappa shape index (κ2) is 19.3. The van der Waals surface area contributed by atoms with E-state index in [1.165, 1.54) is 0 Å². The minimum atomic E-state index is -0.794. The summed E-state index contributed by atoms with van der Waals surface area (Å²) in [5, 5.41) is 30.9. The van der Waals surface area contributed by atoms with Gasteiger partial charge in [0.05, 0.1) is 24.2 Å². The lowest BCUT2D eigenvalue weighted by atomic mass is 9.87. The van der Waals surface area contributed by atoms with Crippen LogP contribution in [0.5, 0.6) is 5.75 Å². The number of hydrogen-bond acceptors (Lipinski definition) is 7. The minimum absolute atomic E-state index is 0.151. The Morgan fingerprint density at radius 2 is 1.83 bits per heavy atom. The number of carbonyl (C=O) groups excluding carboxylic acids is 1. The summed E-state index contributed by atoms with van der Waals surface area (Å²) in [7, 11) is 0. The maximum Gasteiger partial charge on any atom is 0.316 e. The monoisotopic (exact) mass is 624 g/mol. The SMILES string of the molecule is CCCCC[C@H](O)/C=C/[C@@H]1C(SCCCCCC(=O)O)=C(OC(=O)C(C)(C)CCCCOc2ccc(Cl)cc2)C[C@H]1O. The van der Waals surface area contributed by atoms with Crippen molar-refractivity contribution >= 4 is 35.3 Å². The molecule has 1 aliphatic rings. The van der Waals surface area contributed by atoms with E-state index in [-0.39, 0.29) is 24.7 Å². The zero-order chi connectivity index (χ0) is 31.0. The summed E-state index contributed by atoms with van der Waals surface area (Å²) >= 11 is 7.46. The Morgan fingerprint density at radius 1 is 1.10 bits per heavy atom. The van der Waals surface area contributed by atoms with Crippen molar-refractivity contribution in [2.75, 3.05) is 12.4 Å². The van der Waals surface area contributed by atoms with Gasteiger partial charge < -0.3 is 24.8 Å². The first-order valence-electron chi connectivity index (χ1n) is 15.3. The highest BCUT2D eigenvalue weighted by Crippen LogP contribution is 2.42. The maximum atomic E-state index is 13.3. The van der Waals surface area contributed by atoms with Crippen molar-refractivity contribution in [3.05, 3.63) is 52.1 Å². The van der Waals surface area contributed by atoms with Crippen LogP contribution in [0, 0.1) is 11.3 Å². The number of aliphatic hydroxyl groups excluding tert-OH is 2. The van der Waals surface area contributed by atoms with Gasteiger partial charge in [0, 0.05) is 28.7 Å². The number of esters is 1. The number of aliphatic carboxylic acids is 1. The van der Waals surface area contributed by atoms with Crippen LogP contribution in [0.2, 0.25) is 5.02 Å². The van der Waals surface area contributed by atoms with Crippen molar-refractivity contribution in [1.82, 2.24) is 0 Å². The highest BCUT2D eigenvalue weighted by Gasteiger charge is 2.37. The molecule has 0 heterocycles. The topological polar surface area (TPSA) is 113 Å². The molecule has 3 atom stereocenters. The normalized spacial score (nSPS) is 18.0. The second-order valence-electron chi connectivity index (χ2n) is 11.6. The number of thioether (sulfide) groups is 1. The molecule has 1 aromatic carbocycles. The van der Waals surface area contributed by atoms with Gasteiger partial charge in [0.15, 0.2) is 0 Å². The average molecular weight is 625 g/mol. The lowest BCUT2D eigenvalue weighted by Gasteiger charge is -2.23. The smallest absolute Gasteiger partial charge is 0.316 e. The predicted molar refractivity (Wildman–Crippen MR) is 170 cm³/mol. The molecule has 1 aliphatic carbocycles. The highest BCUT2D eigenvalue weighted by molar-refractivity contribution is 8.03. The lowest BCUT2D eigenvalue weighted by Crippen LogP contribution is -2.26. The van der Waals surface area contributed by atoms with Crippen molar-refractivity contribution in [2.45, 2.75) is 110 Å². The fraction of sp³-hybridized carbons (Fsp3) is 0.636. The van der Waals surface area contributed by atoms with Gasteiger partial charge in [-0.2, -0.15) is 0 Å². The lowest BCUT2D eigenvalue weighted by molar-refractivity contribution is -0.150. The molecule has 0 saturated heterocycles. The Balaban J connectivity index is 1.98. The molecule has 3 N–H and O–H groups in total. The second-order valence-corrected chi connectivity index (χ2v) is 13.2. The first-order valence-corrected chi connectivity index (χ1v) is 16.6. The molecule has 0 bridgehead atoms. The van der Waals surface area contributed by atoms with Gasteiger partial charge in [0.25, 0.3) is 0 Å². The van der Waals surface area contributed by atoms with Gasteiger partial charge in [0.1, 0.15) is 11.5 Å². The van der Waals surface area contributed by atoms with E-state index in [1.54, 1.807) is 30.0 Å². The fourth-order valence-electron chi connectivity index (χ4n) is 4.69. The molecule has 0 spiro atoms. The van der Waals surface area contributed by atoms with Crippen LogP contribution in [0.25, 0.3) is 0 Å². The molecule has 2 rings (SSSR count). The van der Waals surface area contributed by atoms with Crippen LogP contribution in [0.1, 0.15) is 97.8 Å². The molecule has 0 unspecified atom stereocenters. The highest BCUT2D eigenvalue weighted by atomic mass is 35.5. The summed E-state index contributed by atoms with van der Waals surface area (Å²) in [5.74, 6) is 0.505. The molecule has 0 aromatic heterocycles. The number of rotatable bonds is 21. The van der Waals surface area contributed by atoms with E-state index in [1.807, 2.05) is 32.1 Å². The molecule has 9 heteroatoms. The van der Waals surface area contributed by atoms with Crippen molar-refractivity contribution in [3.8, 4) is 5.75 Å². The number of carboxylic acids is 1. The third-order valence-electron chi connectivity index (χ3n) is 7.37. The third kappa shape index (κ3) is 13.5. The summed E-state index contributed by atoms with van der Waals surface area (Å²) in [4.78, 5) is 24.9. The number of aliphatic hydroxyl groups is 2. The van der Waals surface area contributed by atoms with Crippen molar-refractivity contribution in [2.24, 2.45) is 11.3 Å². The van der Waals surface area contributed by atoms with Gasteiger partial charge in [-0.15, -0.1) is 11.8 Å². The zero-order valence-corrected chi connectivity index (χ0v) is 26.9. The number of carbonyl (C=O) groups is 2. The maximum absolute atomic E-state index is 13.3. The zero-order valence-electron chi connectivity index (χ0n) is 25.4. The van der Waals surface area contributed by atoms with Crippen molar-refractivity contribution in [1.29, 1.82) is 0 Å². The predicted octanol–water partition coefficient (Wildman–Crippen LogP) is 7.93. The summed E-state index contributed by atoms with van der Waals surface area (Å²) in [5.41, 5.74) is -0.714. The summed E-state index contributed by atoms with van der Waals surface area (Å²) in [6.07, 6.45) is 10.8. The summed E-state index contributed by atoms with van der Waals surface area (Å²) in [6, 6.07) is 7.23. The van der Waals surface area contributed by atoms with Crippen molar-refractivity contribution < 1.29 is 34.4 Å². The summed E-state index contributed by atoms with van der Waals surface area (Å²) in [6.45, 7) is 6.41. The Hall–Kier alpha value is -2.00. The standard InChI is InChI=1S/C33H49ClO7S/c1-4-5-7-12-25(35)16-19-27-28(36)23-29(31(27)42-22-11-6-8-13-30(37)38)41-32(39)33(2,3)20-9-10-21-40-26-17-14-24(34)15-18-26/h14-19,25,27-28,35-36H,4-13,20-23H2,1-3H3,(H,37,38)/b19-16+/t25-,27-,28+/m0/s1. The number of benzene rings is 1. The number of hydrogen-bond donors (Lipinski definition) is 3. The van der Waals surface area contributed by atoms with Gasteiger partial charge in [-0.25, -0.2) is 0 Å². The molecule has 1 aromatic rings. The van der Waals surface area contributed by atoms with E-state index in [0.29, 0.717) is 36.7 Å².